The van der Waals surface area contributed by atoms with E-state index in [1.807, 2.05) is 29.2 Å². The number of fused-ring (bicyclic) bond motifs is 3. The normalized spacial score (nSPS) is 15.2. The average Bonchev–Trinajstić information content (AvgIpc) is 3.41. The second-order valence-electron chi connectivity index (χ2n) is 9.89. The van der Waals surface area contributed by atoms with Crippen molar-refractivity contribution in [3.63, 3.8) is 0 Å². The van der Waals surface area contributed by atoms with Gasteiger partial charge in [-0.2, -0.15) is 5.10 Å². The maximum absolute atomic E-state index is 13.5. The van der Waals surface area contributed by atoms with Gasteiger partial charge in [0.2, 0.25) is 0 Å². The van der Waals surface area contributed by atoms with Crippen LogP contribution in [0.4, 0.5) is 0 Å². The number of benzene rings is 3. The first-order valence-electron chi connectivity index (χ1n) is 12.7. The van der Waals surface area contributed by atoms with Crippen LogP contribution < -0.4 is 4.74 Å². The number of carbonyl (C=O) groups is 1. The van der Waals surface area contributed by atoms with E-state index in [0.29, 0.717) is 11.3 Å². The number of hydrogen-bond acceptors (Lipinski definition) is 5. The van der Waals surface area contributed by atoms with Gasteiger partial charge in [-0.15, -0.1) is 0 Å². The third-order valence-corrected chi connectivity index (χ3v) is 7.53. The third kappa shape index (κ3) is 4.25. The molecule has 3 aromatic carbocycles. The lowest BCUT2D eigenvalue weighted by molar-refractivity contribution is 0.0759. The highest BCUT2D eigenvalue weighted by Crippen LogP contribution is 2.43. The molecule has 0 saturated carbocycles. The van der Waals surface area contributed by atoms with Crippen LogP contribution in [0.1, 0.15) is 27.9 Å². The Hall–Kier alpha value is -4.10. The number of rotatable bonds is 4. The molecule has 0 atom stereocenters. The molecule has 7 nitrogen and oxygen atoms in total. The first kappa shape index (κ1) is 23.3. The van der Waals surface area contributed by atoms with Gasteiger partial charge in [0, 0.05) is 42.7 Å². The number of phenolic OH excluding ortho intramolecular Hbond substituents is 1. The van der Waals surface area contributed by atoms with Crippen molar-refractivity contribution in [3.05, 3.63) is 77.4 Å². The number of likely N-dealkylation sites (N-methyl/N-ethyl adjacent to an activating group) is 1. The van der Waals surface area contributed by atoms with Gasteiger partial charge in [-0.3, -0.25) is 9.89 Å². The van der Waals surface area contributed by atoms with Gasteiger partial charge in [0.05, 0.1) is 24.1 Å². The lowest BCUT2D eigenvalue weighted by Crippen LogP contribution is -2.34. The summed E-state index contributed by atoms with van der Waals surface area (Å²) in [5, 5.41) is 17.5. The zero-order chi connectivity index (χ0) is 25.5. The topological polar surface area (TPSA) is 81.7 Å². The van der Waals surface area contributed by atoms with E-state index in [4.69, 9.17) is 4.74 Å². The van der Waals surface area contributed by atoms with Crippen molar-refractivity contribution >= 4 is 5.91 Å². The summed E-state index contributed by atoms with van der Waals surface area (Å²) in [7, 11) is 3.73. The molecule has 2 N–H and O–H groups in total. The minimum atomic E-state index is 0.0213. The number of H-pyrrole nitrogens is 1. The molecule has 1 fully saturated rings. The monoisotopic (exact) mass is 494 g/mol. The number of aromatic nitrogens is 2. The average molecular weight is 495 g/mol. The molecule has 1 saturated heterocycles. The van der Waals surface area contributed by atoms with Crippen LogP contribution in [-0.4, -0.2) is 71.3 Å². The lowest BCUT2D eigenvalue weighted by Gasteiger charge is -2.22. The Bertz CT molecular complexity index is 1460. The lowest BCUT2D eigenvalue weighted by atomic mass is 10.0. The Kier molecular flexibility index (Phi) is 5.93. The second-order valence-corrected chi connectivity index (χ2v) is 9.89. The number of nitrogens with one attached hydrogen (secondary N) is 1. The summed E-state index contributed by atoms with van der Waals surface area (Å²) in [6.07, 6.45) is 1.70. The molecule has 4 aromatic rings. The summed E-state index contributed by atoms with van der Waals surface area (Å²) >= 11 is 0. The zero-order valence-corrected chi connectivity index (χ0v) is 21.1. The molecular formula is C30H30N4O3. The van der Waals surface area contributed by atoms with Gasteiger partial charge in [0.25, 0.3) is 5.91 Å². The molecule has 7 heteroatoms. The van der Waals surface area contributed by atoms with Crippen molar-refractivity contribution < 1.29 is 14.6 Å². The number of amides is 1. The molecule has 0 spiro atoms. The highest BCUT2D eigenvalue weighted by Gasteiger charge is 2.30. The van der Waals surface area contributed by atoms with Crippen molar-refractivity contribution in [2.45, 2.75) is 12.8 Å². The third-order valence-electron chi connectivity index (χ3n) is 7.53. The molecule has 1 amide bonds. The molecule has 37 heavy (non-hydrogen) atoms. The SMILES string of the molecule is COc1cc2c(cc1C(=O)N1CCCN(C)CC1)-c1[nH]nc(-c3ccc(-c4ccc(O)cc4)cc3)c1C2. The Morgan fingerprint density at radius 1 is 0.946 bits per heavy atom. The summed E-state index contributed by atoms with van der Waals surface area (Å²) in [6.45, 7) is 3.35. The highest BCUT2D eigenvalue weighted by molar-refractivity contribution is 5.99. The Morgan fingerprint density at radius 2 is 1.65 bits per heavy atom. The van der Waals surface area contributed by atoms with E-state index >= 15 is 0 Å². The highest BCUT2D eigenvalue weighted by atomic mass is 16.5. The van der Waals surface area contributed by atoms with Crippen LogP contribution >= 0.6 is 0 Å². The van der Waals surface area contributed by atoms with Gasteiger partial charge < -0.3 is 19.6 Å². The number of methoxy groups -OCH3 is 1. The number of ether oxygens (including phenoxy) is 1. The first-order chi connectivity index (χ1) is 18.0. The standard InChI is InChI=1S/C30H30N4O3/c1-33-12-3-13-34(15-14-33)30(36)25-18-24-22(17-27(25)37-2)16-26-28(31-32-29(24)26)21-6-4-19(5-7-21)20-8-10-23(35)11-9-20/h4-11,17-18,35H,3,12-16H2,1-2H3,(H,31,32). The van der Waals surface area contributed by atoms with Crippen LogP contribution in [0.3, 0.4) is 0 Å². The molecule has 2 aliphatic rings. The van der Waals surface area contributed by atoms with Crippen LogP contribution in [0.5, 0.6) is 11.5 Å². The van der Waals surface area contributed by atoms with Gasteiger partial charge in [0.15, 0.2) is 0 Å². The van der Waals surface area contributed by atoms with E-state index in [2.05, 4.69) is 46.4 Å². The predicted molar refractivity (Wildman–Crippen MR) is 144 cm³/mol. The number of phenols is 1. The maximum atomic E-state index is 13.5. The summed E-state index contributed by atoms with van der Waals surface area (Å²) in [6, 6.07) is 19.5. The fourth-order valence-corrected chi connectivity index (χ4v) is 5.42. The molecule has 1 aromatic heterocycles. The summed E-state index contributed by atoms with van der Waals surface area (Å²) < 4.78 is 5.69. The Labute approximate surface area is 216 Å². The Morgan fingerprint density at radius 3 is 2.38 bits per heavy atom. The van der Waals surface area contributed by atoms with Crippen molar-refractivity contribution in [2.24, 2.45) is 0 Å². The predicted octanol–water partition coefficient (Wildman–Crippen LogP) is 4.81. The molecule has 0 bridgehead atoms. The van der Waals surface area contributed by atoms with E-state index in [1.54, 1.807) is 19.2 Å². The molecule has 2 heterocycles. The van der Waals surface area contributed by atoms with E-state index in [-0.39, 0.29) is 11.7 Å². The molecule has 1 aliphatic heterocycles. The largest absolute Gasteiger partial charge is 0.508 e. The molecule has 0 radical (unpaired) electrons. The minimum Gasteiger partial charge on any atom is -0.508 e. The van der Waals surface area contributed by atoms with Crippen LogP contribution in [0.25, 0.3) is 33.6 Å². The smallest absolute Gasteiger partial charge is 0.257 e. The zero-order valence-electron chi connectivity index (χ0n) is 21.1. The summed E-state index contributed by atoms with van der Waals surface area (Å²) in [4.78, 5) is 17.7. The van der Waals surface area contributed by atoms with Crippen molar-refractivity contribution in [1.82, 2.24) is 20.0 Å². The van der Waals surface area contributed by atoms with Gasteiger partial charge >= 0.3 is 0 Å². The number of carbonyl (C=O) groups excluding carboxylic acids is 1. The van der Waals surface area contributed by atoms with Crippen molar-refractivity contribution in [3.8, 4) is 45.1 Å². The van der Waals surface area contributed by atoms with Gasteiger partial charge in [-0.25, -0.2) is 0 Å². The van der Waals surface area contributed by atoms with Gasteiger partial charge in [-0.1, -0.05) is 36.4 Å². The quantitative estimate of drug-likeness (QED) is 0.375. The number of aromatic hydroxyl groups is 1. The first-order valence-corrected chi connectivity index (χ1v) is 12.7. The van der Waals surface area contributed by atoms with E-state index in [1.165, 1.54) is 0 Å². The fourth-order valence-electron chi connectivity index (χ4n) is 5.42. The van der Waals surface area contributed by atoms with E-state index in [0.717, 1.165) is 83.8 Å². The van der Waals surface area contributed by atoms with Gasteiger partial charge in [0.1, 0.15) is 11.5 Å². The fraction of sp³-hybridized carbons (Fsp3) is 0.267. The van der Waals surface area contributed by atoms with Crippen LogP contribution in [0.2, 0.25) is 0 Å². The van der Waals surface area contributed by atoms with Crippen LogP contribution in [0.15, 0.2) is 60.7 Å². The molecular weight excluding hydrogens is 464 g/mol. The maximum Gasteiger partial charge on any atom is 0.257 e. The second kappa shape index (κ2) is 9.41. The minimum absolute atomic E-state index is 0.0213. The summed E-state index contributed by atoms with van der Waals surface area (Å²) in [5.41, 5.74) is 8.94. The van der Waals surface area contributed by atoms with Crippen molar-refractivity contribution in [1.29, 1.82) is 0 Å². The number of hydrogen-bond donors (Lipinski definition) is 2. The molecule has 188 valence electrons. The van der Waals surface area contributed by atoms with Gasteiger partial charge in [-0.05, 0) is 61.0 Å². The summed E-state index contributed by atoms with van der Waals surface area (Å²) in [5.74, 6) is 0.903. The van der Waals surface area contributed by atoms with Crippen LogP contribution in [-0.2, 0) is 6.42 Å². The number of aromatic amines is 1. The van der Waals surface area contributed by atoms with Crippen LogP contribution in [0, 0.1) is 0 Å². The van der Waals surface area contributed by atoms with E-state index in [9.17, 15) is 9.90 Å². The van der Waals surface area contributed by atoms with Crippen molar-refractivity contribution in [2.75, 3.05) is 40.3 Å². The number of nitrogens with zero attached hydrogens (tertiary/aromatic N) is 3. The Balaban J connectivity index is 1.31. The van der Waals surface area contributed by atoms with E-state index < -0.39 is 0 Å². The molecule has 1 aliphatic carbocycles. The molecule has 0 unspecified atom stereocenters. The molecule has 6 rings (SSSR count).